The van der Waals surface area contributed by atoms with Gasteiger partial charge in [-0.3, -0.25) is 9.36 Å². The Bertz CT molecular complexity index is 792. The van der Waals surface area contributed by atoms with Crippen molar-refractivity contribution in [1.82, 2.24) is 4.57 Å². The van der Waals surface area contributed by atoms with Crippen LogP contribution in [-0.2, 0) is 11.2 Å². The number of ether oxygens (including phenoxy) is 1. The largest absolute Gasteiger partial charge is 0.477 e. The van der Waals surface area contributed by atoms with Crippen LogP contribution in [0.25, 0.3) is 5.69 Å². The first kappa shape index (κ1) is 16.4. The van der Waals surface area contributed by atoms with E-state index in [0.717, 1.165) is 18.4 Å². The molecule has 1 aromatic heterocycles. The SMILES string of the molecule is O=C(O)c1cc(CC2CCOCC2)cn(-c2ccc(F)cc2)c1=O. The van der Waals surface area contributed by atoms with Crippen LogP contribution in [0.1, 0.15) is 28.8 Å². The van der Waals surface area contributed by atoms with Gasteiger partial charge in [0.1, 0.15) is 11.4 Å². The summed E-state index contributed by atoms with van der Waals surface area (Å²) in [4.78, 5) is 23.8. The van der Waals surface area contributed by atoms with Crippen molar-refractivity contribution in [3.05, 3.63) is 63.8 Å². The summed E-state index contributed by atoms with van der Waals surface area (Å²) in [5.74, 6) is -1.27. The second-order valence-corrected chi connectivity index (χ2v) is 5.98. The number of carbonyl (C=O) groups is 1. The molecule has 3 rings (SSSR count). The van der Waals surface area contributed by atoms with Crippen molar-refractivity contribution in [1.29, 1.82) is 0 Å². The Kier molecular flexibility index (Phi) is 4.76. The van der Waals surface area contributed by atoms with Crippen molar-refractivity contribution < 1.29 is 19.0 Å². The molecule has 0 unspecified atom stereocenters. The molecule has 0 atom stereocenters. The molecule has 1 saturated heterocycles. The number of carboxylic acid groups (broad SMARTS) is 1. The average Bonchev–Trinajstić information content (AvgIpc) is 2.58. The molecular formula is C18H18FNO4. The fraction of sp³-hybridized carbons (Fsp3) is 0.333. The summed E-state index contributed by atoms with van der Waals surface area (Å²) in [7, 11) is 0. The standard InChI is InChI=1S/C18H18FNO4/c19-14-1-3-15(4-2-14)20-11-13(9-12-5-7-24-8-6-12)10-16(17(20)21)18(22)23/h1-4,10-12H,5-9H2,(H,22,23). The Labute approximate surface area is 138 Å². The molecule has 0 aliphatic carbocycles. The molecule has 5 nitrogen and oxygen atoms in total. The van der Waals surface area contributed by atoms with E-state index in [1.807, 2.05) is 0 Å². The summed E-state index contributed by atoms with van der Waals surface area (Å²) in [6.07, 6.45) is 4.17. The number of benzene rings is 1. The Hall–Kier alpha value is -2.47. The zero-order valence-corrected chi connectivity index (χ0v) is 13.1. The molecule has 126 valence electrons. The van der Waals surface area contributed by atoms with E-state index >= 15 is 0 Å². The Morgan fingerprint density at radius 1 is 1.25 bits per heavy atom. The lowest BCUT2D eigenvalue weighted by atomic mass is 9.92. The molecule has 2 aromatic rings. The van der Waals surface area contributed by atoms with Crippen molar-refractivity contribution in [3.63, 3.8) is 0 Å². The second-order valence-electron chi connectivity index (χ2n) is 5.98. The maximum absolute atomic E-state index is 13.1. The van der Waals surface area contributed by atoms with Crippen LogP contribution >= 0.6 is 0 Å². The number of aromatic nitrogens is 1. The Morgan fingerprint density at radius 3 is 2.54 bits per heavy atom. The zero-order valence-electron chi connectivity index (χ0n) is 13.1. The first-order valence-electron chi connectivity index (χ1n) is 7.87. The van der Waals surface area contributed by atoms with Gasteiger partial charge in [-0.2, -0.15) is 0 Å². The minimum absolute atomic E-state index is 0.274. The van der Waals surface area contributed by atoms with Crippen LogP contribution in [0.2, 0.25) is 0 Å². The molecule has 2 heterocycles. The summed E-state index contributed by atoms with van der Waals surface area (Å²) >= 11 is 0. The van der Waals surface area contributed by atoms with Gasteiger partial charge in [0.25, 0.3) is 5.56 Å². The van der Waals surface area contributed by atoms with Gasteiger partial charge in [-0.1, -0.05) is 0 Å². The van der Waals surface area contributed by atoms with Crippen molar-refractivity contribution in [2.75, 3.05) is 13.2 Å². The van der Waals surface area contributed by atoms with Crippen LogP contribution in [0.5, 0.6) is 0 Å². The van der Waals surface area contributed by atoms with E-state index in [1.165, 1.54) is 34.9 Å². The van der Waals surface area contributed by atoms with Crippen LogP contribution in [0.4, 0.5) is 4.39 Å². The summed E-state index contributed by atoms with van der Waals surface area (Å²) in [6.45, 7) is 1.40. The molecular weight excluding hydrogens is 313 g/mol. The van der Waals surface area contributed by atoms with E-state index in [1.54, 1.807) is 6.20 Å². The number of halogens is 1. The van der Waals surface area contributed by atoms with Crippen LogP contribution < -0.4 is 5.56 Å². The lowest BCUT2D eigenvalue weighted by Crippen LogP contribution is -2.26. The molecule has 1 aromatic carbocycles. The molecule has 6 heteroatoms. The minimum Gasteiger partial charge on any atom is -0.477 e. The number of rotatable bonds is 4. The fourth-order valence-corrected chi connectivity index (χ4v) is 2.98. The molecule has 0 bridgehead atoms. The number of pyridine rings is 1. The average molecular weight is 331 g/mol. The molecule has 1 aliphatic rings. The third kappa shape index (κ3) is 3.54. The number of carboxylic acids is 1. The number of hydrogen-bond acceptors (Lipinski definition) is 3. The van der Waals surface area contributed by atoms with Gasteiger partial charge in [0.05, 0.1) is 0 Å². The molecule has 0 amide bonds. The van der Waals surface area contributed by atoms with Crippen LogP contribution in [0.3, 0.4) is 0 Å². The monoisotopic (exact) mass is 331 g/mol. The Balaban J connectivity index is 2.01. The normalized spacial score (nSPS) is 15.4. The van der Waals surface area contributed by atoms with Crippen molar-refractivity contribution in [3.8, 4) is 5.69 Å². The van der Waals surface area contributed by atoms with E-state index in [-0.39, 0.29) is 5.56 Å². The molecule has 0 radical (unpaired) electrons. The highest BCUT2D eigenvalue weighted by Gasteiger charge is 2.18. The van der Waals surface area contributed by atoms with E-state index in [4.69, 9.17) is 4.74 Å². The summed E-state index contributed by atoms with van der Waals surface area (Å²) in [6, 6.07) is 6.85. The summed E-state index contributed by atoms with van der Waals surface area (Å²) < 4.78 is 19.7. The minimum atomic E-state index is -1.26. The number of nitrogens with zero attached hydrogens (tertiary/aromatic N) is 1. The molecule has 0 spiro atoms. The first-order chi connectivity index (χ1) is 11.5. The number of aromatic carboxylic acids is 1. The van der Waals surface area contributed by atoms with E-state index in [2.05, 4.69) is 0 Å². The zero-order chi connectivity index (χ0) is 17.1. The van der Waals surface area contributed by atoms with Crippen molar-refractivity contribution >= 4 is 5.97 Å². The van der Waals surface area contributed by atoms with Gasteiger partial charge in [-0.15, -0.1) is 0 Å². The van der Waals surface area contributed by atoms with Crippen LogP contribution in [0, 0.1) is 11.7 Å². The van der Waals surface area contributed by atoms with E-state index in [0.29, 0.717) is 31.2 Å². The highest BCUT2D eigenvalue weighted by molar-refractivity contribution is 5.87. The number of hydrogen-bond donors (Lipinski definition) is 1. The maximum Gasteiger partial charge on any atom is 0.341 e. The topological polar surface area (TPSA) is 68.5 Å². The van der Waals surface area contributed by atoms with Gasteiger partial charge in [-0.25, -0.2) is 9.18 Å². The highest BCUT2D eigenvalue weighted by atomic mass is 19.1. The third-order valence-corrected chi connectivity index (χ3v) is 4.27. The van der Waals surface area contributed by atoms with Gasteiger partial charge in [0.2, 0.25) is 0 Å². The second kappa shape index (κ2) is 6.97. The molecule has 0 saturated carbocycles. The van der Waals surface area contributed by atoms with E-state index < -0.39 is 17.3 Å². The fourth-order valence-electron chi connectivity index (χ4n) is 2.98. The predicted molar refractivity (Wildman–Crippen MR) is 86.2 cm³/mol. The molecule has 1 fully saturated rings. The maximum atomic E-state index is 13.1. The van der Waals surface area contributed by atoms with Crippen molar-refractivity contribution in [2.24, 2.45) is 5.92 Å². The summed E-state index contributed by atoms with van der Waals surface area (Å²) in [5.41, 5.74) is 0.328. The first-order valence-corrected chi connectivity index (χ1v) is 7.87. The van der Waals surface area contributed by atoms with E-state index in [9.17, 15) is 19.1 Å². The lowest BCUT2D eigenvalue weighted by Gasteiger charge is -2.22. The lowest BCUT2D eigenvalue weighted by molar-refractivity contribution is 0.0661. The quantitative estimate of drug-likeness (QED) is 0.935. The van der Waals surface area contributed by atoms with Gasteiger partial charge in [0.15, 0.2) is 0 Å². The molecule has 1 aliphatic heterocycles. The van der Waals surface area contributed by atoms with Gasteiger partial charge >= 0.3 is 5.97 Å². The highest BCUT2D eigenvalue weighted by Crippen LogP contribution is 2.20. The third-order valence-electron chi connectivity index (χ3n) is 4.27. The predicted octanol–water partition coefficient (Wildman–Crippen LogP) is 2.64. The van der Waals surface area contributed by atoms with Gasteiger partial charge in [-0.05, 0) is 61.1 Å². The van der Waals surface area contributed by atoms with Crippen molar-refractivity contribution in [2.45, 2.75) is 19.3 Å². The summed E-state index contributed by atoms with van der Waals surface area (Å²) in [5, 5.41) is 9.32. The smallest absolute Gasteiger partial charge is 0.341 e. The van der Waals surface area contributed by atoms with Crippen LogP contribution in [0.15, 0.2) is 41.3 Å². The van der Waals surface area contributed by atoms with Crippen LogP contribution in [-0.4, -0.2) is 28.9 Å². The van der Waals surface area contributed by atoms with Gasteiger partial charge in [0, 0.05) is 25.1 Å². The molecule has 1 N–H and O–H groups in total. The Morgan fingerprint density at radius 2 is 1.92 bits per heavy atom. The molecule has 24 heavy (non-hydrogen) atoms. The van der Waals surface area contributed by atoms with Gasteiger partial charge < -0.3 is 9.84 Å².